The third-order valence-electron chi connectivity index (χ3n) is 5.86. The lowest BCUT2D eigenvalue weighted by Gasteiger charge is -2.28. The number of benzene rings is 3. The van der Waals surface area contributed by atoms with E-state index in [4.69, 9.17) is 9.57 Å². The standard InChI is InChI=1S/C24H19N3O6/c1-32-19-12-5-7-15(13-19)21-20-22(24(29)25(23(20)28)16-8-3-2-4-9-16)33-26(21)17-10-6-11-18(14-17)27(30)31/h2-14,20-22H,1H3/t20-,21-,22-/m1/s1. The first kappa shape index (κ1) is 20.7. The zero-order chi connectivity index (χ0) is 23.1. The number of fused-ring (bicyclic) bond motifs is 1. The first-order valence-electron chi connectivity index (χ1n) is 10.3. The molecule has 0 saturated carbocycles. The zero-order valence-corrected chi connectivity index (χ0v) is 17.5. The van der Waals surface area contributed by atoms with Crippen LogP contribution in [0.15, 0.2) is 78.9 Å². The van der Waals surface area contributed by atoms with Crippen molar-refractivity contribution in [3.8, 4) is 5.75 Å². The number of carbonyl (C=O) groups is 2. The Morgan fingerprint density at radius 2 is 1.64 bits per heavy atom. The van der Waals surface area contributed by atoms with Crippen LogP contribution in [0, 0.1) is 16.0 Å². The molecule has 0 N–H and O–H groups in total. The van der Waals surface area contributed by atoms with Crippen LogP contribution >= 0.6 is 0 Å². The van der Waals surface area contributed by atoms with Crippen LogP contribution in [-0.2, 0) is 14.4 Å². The van der Waals surface area contributed by atoms with Gasteiger partial charge in [-0.15, -0.1) is 0 Å². The van der Waals surface area contributed by atoms with E-state index in [9.17, 15) is 19.7 Å². The fourth-order valence-corrected chi connectivity index (χ4v) is 4.38. The number of hydrogen-bond acceptors (Lipinski definition) is 7. The average molecular weight is 445 g/mol. The predicted molar refractivity (Wildman–Crippen MR) is 119 cm³/mol. The van der Waals surface area contributed by atoms with Gasteiger partial charge in [0, 0.05) is 12.1 Å². The number of amides is 2. The minimum absolute atomic E-state index is 0.124. The Morgan fingerprint density at radius 1 is 0.909 bits per heavy atom. The van der Waals surface area contributed by atoms with Crippen molar-refractivity contribution in [3.63, 3.8) is 0 Å². The molecule has 2 fully saturated rings. The number of ether oxygens (including phenoxy) is 1. The number of hydroxylamine groups is 1. The zero-order valence-electron chi connectivity index (χ0n) is 17.5. The summed E-state index contributed by atoms with van der Waals surface area (Å²) in [6.07, 6.45) is -1.06. The molecule has 0 unspecified atom stereocenters. The molecule has 0 aromatic heterocycles. The number of hydrogen-bond donors (Lipinski definition) is 0. The van der Waals surface area contributed by atoms with Gasteiger partial charge < -0.3 is 4.74 Å². The molecule has 3 aromatic rings. The van der Waals surface area contributed by atoms with Crippen LogP contribution in [0.3, 0.4) is 0 Å². The van der Waals surface area contributed by atoms with Crippen LogP contribution in [0.1, 0.15) is 11.6 Å². The maximum atomic E-state index is 13.5. The van der Waals surface area contributed by atoms with E-state index in [0.29, 0.717) is 22.7 Å². The topological polar surface area (TPSA) is 102 Å². The molecule has 2 aliphatic heterocycles. The number of nitro benzene ring substituents is 1. The highest BCUT2D eigenvalue weighted by atomic mass is 16.7. The molecule has 166 valence electrons. The van der Waals surface area contributed by atoms with Gasteiger partial charge in [0.2, 0.25) is 5.91 Å². The summed E-state index contributed by atoms with van der Waals surface area (Å²) in [5.41, 5.74) is 1.40. The maximum absolute atomic E-state index is 13.5. The minimum atomic E-state index is -1.06. The molecule has 2 amide bonds. The third kappa shape index (κ3) is 3.39. The first-order chi connectivity index (χ1) is 16.0. The number of nitrogens with zero attached hydrogens (tertiary/aromatic N) is 3. The van der Waals surface area contributed by atoms with Gasteiger partial charge in [0.15, 0.2) is 6.10 Å². The van der Waals surface area contributed by atoms with Gasteiger partial charge in [-0.1, -0.05) is 36.4 Å². The van der Waals surface area contributed by atoms with Crippen molar-refractivity contribution in [1.82, 2.24) is 0 Å². The van der Waals surface area contributed by atoms with Gasteiger partial charge in [-0.25, -0.2) is 9.96 Å². The molecular formula is C24H19N3O6. The summed E-state index contributed by atoms with van der Waals surface area (Å²) in [5, 5.41) is 12.7. The quantitative estimate of drug-likeness (QED) is 0.336. The lowest BCUT2D eigenvalue weighted by molar-refractivity contribution is -0.384. The number of para-hydroxylation sites is 1. The molecule has 0 bridgehead atoms. The normalized spacial score (nSPS) is 21.9. The van der Waals surface area contributed by atoms with E-state index in [2.05, 4.69) is 0 Å². The summed E-state index contributed by atoms with van der Waals surface area (Å²) in [6, 6.07) is 21.0. The summed E-state index contributed by atoms with van der Waals surface area (Å²) in [5.74, 6) is -1.13. The number of imide groups is 1. The first-order valence-corrected chi connectivity index (χ1v) is 10.3. The van der Waals surface area contributed by atoms with E-state index < -0.39 is 34.8 Å². The molecule has 33 heavy (non-hydrogen) atoms. The summed E-state index contributed by atoms with van der Waals surface area (Å²) in [4.78, 5) is 44.8. The molecule has 3 aromatic carbocycles. The van der Waals surface area contributed by atoms with Gasteiger partial charge >= 0.3 is 0 Å². The Bertz CT molecular complexity index is 1250. The van der Waals surface area contributed by atoms with E-state index in [1.54, 1.807) is 54.6 Å². The molecule has 5 rings (SSSR count). The molecule has 9 nitrogen and oxygen atoms in total. The second-order valence-electron chi connectivity index (χ2n) is 7.72. The highest BCUT2D eigenvalue weighted by Gasteiger charge is 2.60. The van der Waals surface area contributed by atoms with Crippen LogP contribution in [0.2, 0.25) is 0 Å². The van der Waals surface area contributed by atoms with Crippen molar-refractivity contribution in [2.45, 2.75) is 12.1 Å². The van der Waals surface area contributed by atoms with E-state index in [1.807, 2.05) is 6.07 Å². The molecule has 9 heteroatoms. The van der Waals surface area contributed by atoms with Crippen LogP contribution in [0.25, 0.3) is 0 Å². The molecule has 0 radical (unpaired) electrons. The molecule has 2 saturated heterocycles. The smallest absolute Gasteiger partial charge is 0.271 e. The van der Waals surface area contributed by atoms with Gasteiger partial charge in [0.05, 0.1) is 29.4 Å². The van der Waals surface area contributed by atoms with Crippen LogP contribution in [0.4, 0.5) is 17.1 Å². The number of anilines is 2. The minimum Gasteiger partial charge on any atom is -0.497 e. The Hall–Kier alpha value is -4.24. The summed E-state index contributed by atoms with van der Waals surface area (Å²) < 4.78 is 5.34. The molecule has 0 aliphatic carbocycles. The summed E-state index contributed by atoms with van der Waals surface area (Å²) >= 11 is 0. The van der Waals surface area contributed by atoms with E-state index >= 15 is 0 Å². The van der Waals surface area contributed by atoms with Gasteiger partial charge in [0.1, 0.15) is 11.7 Å². The van der Waals surface area contributed by atoms with Gasteiger partial charge in [-0.2, -0.15) is 0 Å². The van der Waals surface area contributed by atoms with E-state index in [-0.39, 0.29) is 5.69 Å². The largest absolute Gasteiger partial charge is 0.497 e. The number of methoxy groups -OCH3 is 1. The van der Waals surface area contributed by atoms with Crippen molar-refractivity contribution in [1.29, 1.82) is 0 Å². The van der Waals surface area contributed by atoms with E-state index in [0.717, 1.165) is 4.90 Å². The summed E-state index contributed by atoms with van der Waals surface area (Å²) in [7, 11) is 1.53. The van der Waals surface area contributed by atoms with E-state index in [1.165, 1.54) is 30.4 Å². The Labute approximate surface area is 188 Å². The molecule has 2 aliphatic rings. The van der Waals surface area contributed by atoms with Crippen molar-refractivity contribution in [3.05, 3.63) is 94.5 Å². The molecular weight excluding hydrogens is 426 g/mol. The Morgan fingerprint density at radius 3 is 2.36 bits per heavy atom. The van der Waals surface area contributed by atoms with Crippen molar-refractivity contribution in [2.24, 2.45) is 5.92 Å². The van der Waals surface area contributed by atoms with Crippen LogP contribution in [-0.4, -0.2) is 30.0 Å². The number of carbonyl (C=O) groups excluding carboxylic acids is 2. The van der Waals surface area contributed by atoms with Gasteiger partial charge in [-0.3, -0.25) is 24.5 Å². The third-order valence-corrected chi connectivity index (χ3v) is 5.86. The fourth-order valence-electron chi connectivity index (χ4n) is 4.38. The molecule has 0 spiro atoms. The second-order valence-corrected chi connectivity index (χ2v) is 7.72. The lowest BCUT2D eigenvalue weighted by atomic mass is 9.90. The second kappa shape index (κ2) is 8.03. The van der Waals surface area contributed by atoms with Crippen molar-refractivity contribution >= 4 is 28.9 Å². The molecule has 2 heterocycles. The van der Waals surface area contributed by atoms with Crippen LogP contribution in [0.5, 0.6) is 5.75 Å². The Kier molecular flexibility index (Phi) is 5.02. The number of rotatable bonds is 5. The van der Waals surface area contributed by atoms with Crippen molar-refractivity contribution in [2.75, 3.05) is 17.1 Å². The number of nitro groups is 1. The highest BCUT2D eigenvalue weighted by Crippen LogP contribution is 2.48. The number of non-ortho nitro benzene ring substituents is 1. The fraction of sp³-hybridized carbons (Fsp3) is 0.167. The SMILES string of the molecule is COc1cccc([C@@H]2[C@H]3C(=O)N(c4ccccc4)C(=O)[C@@H]3ON2c2cccc([N+](=O)[O-])c2)c1. The summed E-state index contributed by atoms with van der Waals surface area (Å²) in [6.45, 7) is 0. The Balaban J connectivity index is 1.61. The monoisotopic (exact) mass is 445 g/mol. The lowest BCUT2D eigenvalue weighted by Crippen LogP contribution is -2.37. The molecule has 3 atom stereocenters. The van der Waals surface area contributed by atoms with Gasteiger partial charge in [-0.05, 0) is 35.9 Å². The maximum Gasteiger partial charge on any atom is 0.271 e. The van der Waals surface area contributed by atoms with Gasteiger partial charge in [0.25, 0.3) is 11.6 Å². The predicted octanol–water partition coefficient (Wildman–Crippen LogP) is 3.65. The van der Waals surface area contributed by atoms with Crippen molar-refractivity contribution < 1.29 is 24.1 Å². The average Bonchev–Trinajstić information content (AvgIpc) is 3.35. The highest BCUT2D eigenvalue weighted by molar-refractivity contribution is 6.23. The van der Waals surface area contributed by atoms with Crippen LogP contribution < -0.4 is 14.7 Å².